The molecule has 0 unspecified atom stereocenters. The first-order valence-corrected chi connectivity index (χ1v) is 8.40. The summed E-state index contributed by atoms with van der Waals surface area (Å²) in [5.41, 5.74) is 0.789. The summed E-state index contributed by atoms with van der Waals surface area (Å²) >= 11 is 0. The van der Waals surface area contributed by atoms with E-state index in [9.17, 15) is 4.79 Å². The highest BCUT2D eigenvalue weighted by Gasteiger charge is 2.23. The van der Waals surface area contributed by atoms with Crippen molar-refractivity contribution in [3.63, 3.8) is 0 Å². The van der Waals surface area contributed by atoms with Gasteiger partial charge in [0.2, 0.25) is 5.91 Å². The van der Waals surface area contributed by atoms with Gasteiger partial charge < -0.3 is 5.32 Å². The number of nitrogens with zero attached hydrogens (tertiary/aromatic N) is 5. The van der Waals surface area contributed by atoms with E-state index in [0.29, 0.717) is 12.5 Å². The molecule has 7 nitrogen and oxygen atoms in total. The van der Waals surface area contributed by atoms with Crippen molar-refractivity contribution in [1.82, 2.24) is 24.6 Å². The second-order valence-electron chi connectivity index (χ2n) is 6.42. The summed E-state index contributed by atoms with van der Waals surface area (Å²) in [6.45, 7) is 7.09. The van der Waals surface area contributed by atoms with Crippen LogP contribution in [0.5, 0.6) is 0 Å². The molecule has 128 valence electrons. The maximum atomic E-state index is 12.2. The van der Waals surface area contributed by atoms with E-state index in [-0.39, 0.29) is 5.91 Å². The van der Waals surface area contributed by atoms with Crippen molar-refractivity contribution in [2.45, 2.75) is 33.2 Å². The number of nitrogens with one attached hydrogen (secondary N) is 1. The molecule has 1 aliphatic heterocycles. The third kappa shape index (κ3) is 4.38. The number of anilines is 1. The smallest absolute Gasteiger partial charge is 0.238 e. The number of hydrogen-bond donors (Lipinski definition) is 1. The normalized spacial score (nSPS) is 18.5. The monoisotopic (exact) mass is 328 g/mol. The number of likely N-dealkylation sites (tertiary alicyclic amines) is 1. The highest BCUT2D eigenvalue weighted by Crippen LogP contribution is 2.18. The number of hydrogen-bond acceptors (Lipinski definition) is 5. The van der Waals surface area contributed by atoms with Gasteiger partial charge in [-0.25, -0.2) is 9.67 Å². The maximum absolute atomic E-state index is 12.2. The van der Waals surface area contributed by atoms with Gasteiger partial charge in [0, 0.05) is 31.2 Å². The Hall–Kier alpha value is -2.28. The van der Waals surface area contributed by atoms with Gasteiger partial charge in [0.15, 0.2) is 0 Å². The Kier molecular flexibility index (Phi) is 5.20. The van der Waals surface area contributed by atoms with Gasteiger partial charge in [-0.1, -0.05) is 0 Å². The molecule has 1 N–H and O–H groups in total. The van der Waals surface area contributed by atoms with Crippen LogP contribution >= 0.6 is 0 Å². The van der Waals surface area contributed by atoms with Crippen LogP contribution < -0.4 is 5.32 Å². The minimum Gasteiger partial charge on any atom is -0.325 e. The summed E-state index contributed by atoms with van der Waals surface area (Å²) in [7, 11) is 0. The van der Waals surface area contributed by atoms with Crippen molar-refractivity contribution in [3.8, 4) is 0 Å². The molecule has 24 heavy (non-hydrogen) atoms. The molecule has 1 saturated heterocycles. The Labute approximate surface area is 142 Å². The van der Waals surface area contributed by atoms with E-state index in [0.717, 1.165) is 43.4 Å². The van der Waals surface area contributed by atoms with E-state index in [1.54, 1.807) is 24.5 Å². The molecule has 0 radical (unpaired) electrons. The van der Waals surface area contributed by atoms with Gasteiger partial charge in [0.1, 0.15) is 11.6 Å². The predicted octanol–water partition coefficient (Wildman–Crippen LogP) is 1.64. The van der Waals surface area contributed by atoms with Crippen LogP contribution in [-0.2, 0) is 11.3 Å². The first-order chi connectivity index (χ1) is 11.6. The molecule has 0 aromatic carbocycles. The van der Waals surface area contributed by atoms with Crippen molar-refractivity contribution in [1.29, 1.82) is 0 Å². The lowest BCUT2D eigenvalue weighted by Crippen LogP contribution is -2.41. The second-order valence-corrected chi connectivity index (χ2v) is 6.42. The van der Waals surface area contributed by atoms with E-state index in [1.165, 1.54) is 6.42 Å². The van der Waals surface area contributed by atoms with Gasteiger partial charge in [0.25, 0.3) is 0 Å². The molecule has 2 aromatic heterocycles. The molecular formula is C17H24N6O. The average Bonchev–Trinajstić information content (AvgIpc) is 2.86. The Morgan fingerprint density at radius 3 is 2.83 bits per heavy atom. The third-order valence-electron chi connectivity index (χ3n) is 4.33. The lowest BCUT2D eigenvalue weighted by atomic mass is 9.98. The minimum atomic E-state index is 0.0228. The highest BCUT2D eigenvalue weighted by molar-refractivity contribution is 5.92. The van der Waals surface area contributed by atoms with Gasteiger partial charge in [-0.05, 0) is 51.3 Å². The molecule has 1 fully saturated rings. The minimum absolute atomic E-state index is 0.0228. The molecule has 1 atom stereocenters. The first-order valence-electron chi connectivity index (χ1n) is 8.40. The predicted molar refractivity (Wildman–Crippen MR) is 91.5 cm³/mol. The largest absolute Gasteiger partial charge is 0.325 e. The highest BCUT2D eigenvalue weighted by atomic mass is 16.2. The molecule has 0 bridgehead atoms. The summed E-state index contributed by atoms with van der Waals surface area (Å²) in [4.78, 5) is 22.7. The van der Waals surface area contributed by atoms with Crippen molar-refractivity contribution in [2.75, 3.05) is 25.0 Å². The van der Waals surface area contributed by atoms with E-state index < -0.39 is 0 Å². The number of rotatable bonds is 5. The molecule has 3 heterocycles. The van der Waals surface area contributed by atoms with Crippen molar-refractivity contribution < 1.29 is 4.79 Å². The number of pyridine rings is 1. The van der Waals surface area contributed by atoms with Gasteiger partial charge >= 0.3 is 0 Å². The Morgan fingerprint density at radius 2 is 2.12 bits per heavy atom. The number of aryl methyl sites for hydroxylation is 2. The van der Waals surface area contributed by atoms with Crippen LogP contribution in [0, 0.1) is 19.8 Å². The SMILES string of the molecule is Cc1nc(C)n(C[C@H]2CCCN(CC(=O)Nc3ccncc3)C2)n1. The zero-order chi connectivity index (χ0) is 16.9. The van der Waals surface area contributed by atoms with Crippen LogP contribution in [-0.4, -0.2) is 50.2 Å². The number of aromatic nitrogens is 4. The molecule has 1 aliphatic rings. The van der Waals surface area contributed by atoms with Crippen LogP contribution in [0.2, 0.25) is 0 Å². The summed E-state index contributed by atoms with van der Waals surface area (Å²) in [5, 5.41) is 7.37. The van der Waals surface area contributed by atoms with Gasteiger partial charge in [0.05, 0.1) is 6.54 Å². The zero-order valence-corrected chi connectivity index (χ0v) is 14.3. The number of amides is 1. The fourth-order valence-corrected chi connectivity index (χ4v) is 3.26. The molecule has 1 amide bonds. The lowest BCUT2D eigenvalue weighted by molar-refractivity contribution is -0.117. The summed E-state index contributed by atoms with van der Waals surface area (Å²) in [6, 6.07) is 3.60. The van der Waals surface area contributed by atoms with Crippen molar-refractivity contribution in [2.24, 2.45) is 5.92 Å². The zero-order valence-electron chi connectivity index (χ0n) is 14.3. The van der Waals surface area contributed by atoms with E-state index >= 15 is 0 Å². The second kappa shape index (κ2) is 7.53. The van der Waals surface area contributed by atoms with E-state index in [4.69, 9.17) is 0 Å². The standard InChI is InChI=1S/C17H24N6O/c1-13-19-14(2)23(21-13)11-15-4-3-9-22(10-15)12-17(24)20-16-5-7-18-8-6-16/h5-8,15H,3-4,9-12H2,1-2H3,(H,18,20,24)/t15-/m0/s1. The first kappa shape index (κ1) is 16.6. The van der Waals surface area contributed by atoms with Crippen molar-refractivity contribution in [3.05, 3.63) is 36.2 Å². The van der Waals surface area contributed by atoms with Gasteiger partial charge in [-0.3, -0.25) is 14.7 Å². The lowest BCUT2D eigenvalue weighted by Gasteiger charge is -2.32. The van der Waals surface area contributed by atoms with Gasteiger partial charge in [-0.2, -0.15) is 5.10 Å². The Bertz CT molecular complexity index is 684. The summed E-state index contributed by atoms with van der Waals surface area (Å²) < 4.78 is 1.99. The maximum Gasteiger partial charge on any atom is 0.238 e. The quantitative estimate of drug-likeness (QED) is 0.903. The summed E-state index contributed by atoms with van der Waals surface area (Å²) in [6.07, 6.45) is 5.63. The fourth-order valence-electron chi connectivity index (χ4n) is 3.26. The van der Waals surface area contributed by atoms with Crippen LogP contribution in [0.4, 0.5) is 5.69 Å². The molecule has 0 aliphatic carbocycles. The molecule has 7 heteroatoms. The topological polar surface area (TPSA) is 75.9 Å². The van der Waals surface area contributed by atoms with E-state index in [2.05, 4.69) is 25.3 Å². The molecule has 2 aromatic rings. The van der Waals surface area contributed by atoms with Crippen LogP contribution in [0.1, 0.15) is 24.5 Å². The summed E-state index contributed by atoms with van der Waals surface area (Å²) in [5.74, 6) is 2.30. The van der Waals surface area contributed by atoms with Crippen LogP contribution in [0.25, 0.3) is 0 Å². The molecule has 3 rings (SSSR count). The third-order valence-corrected chi connectivity index (χ3v) is 4.33. The number of piperidine rings is 1. The number of carbonyl (C=O) groups excluding carboxylic acids is 1. The van der Waals surface area contributed by atoms with Gasteiger partial charge in [-0.15, -0.1) is 0 Å². The number of carbonyl (C=O) groups is 1. The fraction of sp³-hybridized carbons (Fsp3) is 0.529. The van der Waals surface area contributed by atoms with Crippen LogP contribution in [0.3, 0.4) is 0 Å². The molecule has 0 spiro atoms. The average molecular weight is 328 g/mol. The molecular weight excluding hydrogens is 304 g/mol. The molecule has 0 saturated carbocycles. The van der Waals surface area contributed by atoms with E-state index in [1.807, 2.05) is 18.5 Å². The Morgan fingerprint density at radius 1 is 1.33 bits per heavy atom. The Balaban J connectivity index is 1.52. The van der Waals surface area contributed by atoms with Crippen LogP contribution in [0.15, 0.2) is 24.5 Å². The van der Waals surface area contributed by atoms with Crippen molar-refractivity contribution >= 4 is 11.6 Å².